The second-order valence-corrected chi connectivity index (χ2v) is 7.18. The molecule has 128 valence electrons. The number of thioether (sulfide) groups is 1. The van der Waals surface area contributed by atoms with Crippen LogP contribution in [0, 0.1) is 6.92 Å². The number of piperazine rings is 1. The van der Waals surface area contributed by atoms with Crippen molar-refractivity contribution in [1.82, 2.24) is 25.0 Å². The molecular weight excluding hydrogens is 324 g/mol. The van der Waals surface area contributed by atoms with Crippen molar-refractivity contribution in [2.24, 2.45) is 0 Å². The third-order valence-electron chi connectivity index (χ3n) is 4.51. The van der Waals surface area contributed by atoms with E-state index in [2.05, 4.69) is 31.0 Å². The Morgan fingerprint density at radius 2 is 1.96 bits per heavy atom. The normalized spacial score (nSPS) is 19.0. The lowest BCUT2D eigenvalue weighted by Gasteiger charge is -2.34. The Morgan fingerprint density at radius 1 is 1.17 bits per heavy atom. The highest BCUT2D eigenvalue weighted by Gasteiger charge is 2.27. The van der Waals surface area contributed by atoms with Crippen molar-refractivity contribution in [1.29, 1.82) is 0 Å². The lowest BCUT2D eigenvalue weighted by atomic mass is 10.2. The van der Waals surface area contributed by atoms with Crippen molar-refractivity contribution in [2.45, 2.75) is 37.4 Å². The zero-order valence-corrected chi connectivity index (χ0v) is 14.9. The zero-order chi connectivity index (χ0) is 16.5. The monoisotopic (exact) mass is 346 g/mol. The first-order valence-corrected chi connectivity index (χ1v) is 9.63. The SMILES string of the molecule is CSc1nc(C2CC2)cc(N2CCN(Cc3nc(C)no3)CC2)n1. The minimum Gasteiger partial charge on any atom is -0.354 e. The van der Waals surface area contributed by atoms with Crippen molar-refractivity contribution in [3.63, 3.8) is 0 Å². The van der Waals surface area contributed by atoms with Crippen LogP contribution in [0.3, 0.4) is 0 Å². The number of rotatable bonds is 5. The zero-order valence-electron chi connectivity index (χ0n) is 14.1. The van der Waals surface area contributed by atoms with Crippen molar-refractivity contribution < 1.29 is 4.52 Å². The Morgan fingerprint density at radius 3 is 2.58 bits per heavy atom. The molecule has 4 rings (SSSR count). The summed E-state index contributed by atoms with van der Waals surface area (Å²) in [5.74, 6) is 3.12. The number of aromatic nitrogens is 4. The third-order valence-corrected chi connectivity index (χ3v) is 5.06. The van der Waals surface area contributed by atoms with E-state index in [9.17, 15) is 0 Å². The molecule has 3 heterocycles. The second kappa shape index (κ2) is 6.68. The molecule has 0 atom stereocenters. The lowest BCUT2D eigenvalue weighted by Crippen LogP contribution is -2.46. The molecule has 2 aromatic heterocycles. The molecule has 0 bridgehead atoms. The quantitative estimate of drug-likeness (QED) is 0.602. The van der Waals surface area contributed by atoms with Crippen LogP contribution in [-0.4, -0.2) is 57.4 Å². The van der Waals surface area contributed by atoms with E-state index in [1.54, 1.807) is 11.8 Å². The summed E-state index contributed by atoms with van der Waals surface area (Å²) in [6.07, 6.45) is 4.57. The molecule has 8 heteroatoms. The predicted octanol–water partition coefficient (Wildman–Crippen LogP) is 2.09. The summed E-state index contributed by atoms with van der Waals surface area (Å²) >= 11 is 1.62. The maximum atomic E-state index is 5.22. The summed E-state index contributed by atoms with van der Waals surface area (Å²) in [6, 6.07) is 2.19. The average Bonchev–Trinajstić information content (AvgIpc) is 3.38. The van der Waals surface area contributed by atoms with Crippen LogP contribution in [0.5, 0.6) is 0 Å². The number of nitrogens with zero attached hydrogens (tertiary/aromatic N) is 6. The smallest absolute Gasteiger partial charge is 0.240 e. The summed E-state index contributed by atoms with van der Waals surface area (Å²) in [7, 11) is 0. The van der Waals surface area contributed by atoms with Gasteiger partial charge in [-0.1, -0.05) is 16.9 Å². The highest BCUT2D eigenvalue weighted by Crippen LogP contribution is 2.40. The molecule has 0 aromatic carbocycles. The summed E-state index contributed by atoms with van der Waals surface area (Å²) < 4.78 is 5.22. The van der Waals surface area contributed by atoms with Crippen LogP contribution < -0.4 is 4.90 Å². The van der Waals surface area contributed by atoms with Gasteiger partial charge in [0.15, 0.2) is 11.0 Å². The van der Waals surface area contributed by atoms with Gasteiger partial charge in [0, 0.05) is 38.2 Å². The Balaban J connectivity index is 1.41. The number of hydrogen-bond acceptors (Lipinski definition) is 8. The topological polar surface area (TPSA) is 71.2 Å². The van der Waals surface area contributed by atoms with Crippen molar-refractivity contribution in [2.75, 3.05) is 37.3 Å². The van der Waals surface area contributed by atoms with E-state index in [1.165, 1.54) is 18.5 Å². The Bertz CT molecular complexity index is 708. The lowest BCUT2D eigenvalue weighted by molar-refractivity contribution is 0.215. The third kappa shape index (κ3) is 3.54. The summed E-state index contributed by atoms with van der Waals surface area (Å²) in [6.45, 7) is 6.43. The molecule has 2 fully saturated rings. The van der Waals surface area contributed by atoms with Crippen LogP contribution in [0.25, 0.3) is 0 Å². The van der Waals surface area contributed by atoms with Gasteiger partial charge in [-0.15, -0.1) is 0 Å². The van der Waals surface area contributed by atoms with Crippen molar-refractivity contribution in [3.05, 3.63) is 23.5 Å². The van der Waals surface area contributed by atoms with Crippen LogP contribution in [0.4, 0.5) is 5.82 Å². The first kappa shape index (κ1) is 15.8. The van der Waals surface area contributed by atoms with Gasteiger partial charge in [-0.25, -0.2) is 9.97 Å². The molecular formula is C16H22N6OS. The van der Waals surface area contributed by atoms with Gasteiger partial charge in [-0.3, -0.25) is 4.90 Å². The molecule has 2 aliphatic rings. The largest absolute Gasteiger partial charge is 0.354 e. The van der Waals surface area contributed by atoms with E-state index in [4.69, 9.17) is 9.51 Å². The molecule has 2 aromatic rings. The van der Waals surface area contributed by atoms with Gasteiger partial charge in [-0.05, 0) is 26.0 Å². The van der Waals surface area contributed by atoms with Gasteiger partial charge in [0.05, 0.1) is 12.2 Å². The molecule has 0 radical (unpaired) electrons. The molecule has 1 aliphatic carbocycles. The molecule has 0 N–H and O–H groups in total. The van der Waals surface area contributed by atoms with E-state index < -0.39 is 0 Å². The highest BCUT2D eigenvalue weighted by atomic mass is 32.2. The first-order chi connectivity index (χ1) is 11.7. The molecule has 7 nitrogen and oxygen atoms in total. The van der Waals surface area contributed by atoms with Crippen LogP contribution in [0.2, 0.25) is 0 Å². The van der Waals surface area contributed by atoms with E-state index >= 15 is 0 Å². The Kier molecular flexibility index (Phi) is 4.41. The molecule has 0 unspecified atom stereocenters. The van der Waals surface area contributed by atoms with E-state index in [0.29, 0.717) is 17.6 Å². The second-order valence-electron chi connectivity index (χ2n) is 6.41. The average molecular weight is 346 g/mol. The molecule has 1 aliphatic heterocycles. The van der Waals surface area contributed by atoms with Crippen molar-refractivity contribution in [3.8, 4) is 0 Å². The molecule has 1 saturated carbocycles. The standard InChI is InChI=1S/C16H22N6OS/c1-11-17-15(23-20-11)10-21-5-7-22(8-6-21)14-9-13(12-3-4-12)18-16(19-14)24-2/h9,12H,3-8,10H2,1-2H3. The van der Waals surface area contributed by atoms with Gasteiger partial charge in [-0.2, -0.15) is 4.98 Å². The number of hydrogen-bond donors (Lipinski definition) is 0. The number of aryl methyl sites for hydroxylation is 1. The fourth-order valence-electron chi connectivity index (χ4n) is 3.00. The Hall–Kier alpha value is -1.67. The fourth-order valence-corrected chi connectivity index (χ4v) is 3.38. The van der Waals surface area contributed by atoms with E-state index in [0.717, 1.165) is 43.7 Å². The van der Waals surface area contributed by atoms with Crippen LogP contribution in [0.15, 0.2) is 15.7 Å². The molecule has 0 spiro atoms. The first-order valence-electron chi connectivity index (χ1n) is 8.41. The predicted molar refractivity (Wildman–Crippen MR) is 92.3 cm³/mol. The summed E-state index contributed by atoms with van der Waals surface area (Å²) in [5.41, 5.74) is 1.22. The minimum absolute atomic E-state index is 0.653. The Labute approximate surface area is 145 Å². The fraction of sp³-hybridized carbons (Fsp3) is 0.625. The van der Waals surface area contributed by atoms with Crippen LogP contribution in [-0.2, 0) is 6.54 Å². The van der Waals surface area contributed by atoms with Gasteiger partial charge in [0.25, 0.3) is 0 Å². The van der Waals surface area contributed by atoms with Gasteiger partial charge < -0.3 is 9.42 Å². The summed E-state index contributed by atoms with van der Waals surface area (Å²) in [5, 5.41) is 4.74. The maximum absolute atomic E-state index is 5.22. The van der Waals surface area contributed by atoms with Gasteiger partial charge in [0.2, 0.25) is 5.89 Å². The highest BCUT2D eigenvalue weighted by molar-refractivity contribution is 7.98. The van der Waals surface area contributed by atoms with Crippen molar-refractivity contribution >= 4 is 17.6 Å². The number of anilines is 1. The molecule has 0 amide bonds. The molecule has 1 saturated heterocycles. The van der Waals surface area contributed by atoms with E-state index in [-0.39, 0.29) is 0 Å². The van der Waals surface area contributed by atoms with Gasteiger partial charge in [0.1, 0.15) is 5.82 Å². The minimum atomic E-state index is 0.653. The van der Waals surface area contributed by atoms with Crippen LogP contribution in [0.1, 0.15) is 36.2 Å². The van der Waals surface area contributed by atoms with Gasteiger partial charge >= 0.3 is 0 Å². The molecule has 24 heavy (non-hydrogen) atoms. The van der Waals surface area contributed by atoms with E-state index in [1.807, 2.05) is 13.2 Å². The summed E-state index contributed by atoms with van der Waals surface area (Å²) in [4.78, 5) is 18.4. The van der Waals surface area contributed by atoms with Crippen LogP contribution >= 0.6 is 11.8 Å². The maximum Gasteiger partial charge on any atom is 0.240 e.